The van der Waals surface area contributed by atoms with Crippen LogP contribution < -0.4 is 24.0 Å². The van der Waals surface area contributed by atoms with E-state index in [1.807, 2.05) is 0 Å². The van der Waals surface area contributed by atoms with Gasteiger partial charge in [0.25, 0.3) is 6.43 Å². The Bertz CT molecular complexity index is 2530. The molecule has 4 atom stereocenters. The number of aromatic nitrogens is 3. The summed E-state index contributed by atoms with van der Waals surface area (Å²) in [5.74, 6) is -2.13. The fraction of sp³-hybridized carbons (Fsp3) is 0.422. The van der Waals surface area contributed by atoms with Crippen LogP contribution in [0.5, 0.6) is 17.4 Å². The molecule has 8 rings (SSSR count). The number of halogens is 7. The number of nitrogens with zero attached hydrogens (tertiary/aromatic N) is 6. The quantitative estimate of drug-likeness (QED) is 0.0760. The van der Waals surface area contributed by atoms with Gasteiger partial charge in [0, 0.05) is 25.2 Å². The van der Waals surface area contributed by atoms with Crippen molar-refractivity contribution in [3.05, 3.63) is 88.5 Å². The highest BCUT2D eigenvalue weighted by Crippen LogP contribution is 2.50. The zero-order valence-electron chi connectivity index (χ0n) is 35.9. The van der Waals surface area contributed by atoms with Gasteiger partial charge in [0.1, 0.15) is 45.3 Å². The van der Waals surface area contributed by atoms with Gasteiger partial charge in [-0.3, -0.25) is 4.90 Å². The number of piperazine rings is 1. The van der Waals surface area contributed by atoms with Crippen LogP contribution in [0.3, 0.4) is 0 Å². The monoisotopic (exact) mass is 914 g/mol. The molecule has 0 N–H and O–H groups in total. The van der Waals surface area contributed by atoms with E-state index in [0.717, 1.165) is 24.8 Å². The minimum absolute atomic E-state index is 0.0159. The lowest BCUT2D eigenvalue weighted by Crippen LogP contribution is -2.67. The second-order valence-electron chi connectivity index (χ2n) is 16.9. The molecule has 1 amide bonds. The number of ether oxygens (including phenoxy) is 4. The van der Waals surface area contributed by atoms with Crippen molar-refractivity contribution < 1.29 is 54.5 Å². The summed E-state index contributed by atoms with van der Waals surface area (Å²) in [5, 5.41) is -0.247. The predicted octanol–water partition coefficient (Wildman–Crippen LogP) is 10.2. The molecule has 0 radical (unpaired) electrons. The van der Waals surface area contributed by atoms with Gasteiger partial charge in [-0.1, -0.05) is 36.0 Å². The number of amides is 1. The maximum absolute atomic E-state index is 17.5. The zero-order chi connectivity index (χ0) is 46.0. The molecule has 3 aliphatic heterocycles. The molecule has 2 saturated heterocycles. The third-order valence-corrected chi connectivity index (χ3v) is 12.3. The highest BCUT2D eigenvalue weighted by molar-refractivity contribution is 7.98. The van der Waals surface area contributed by atoms with E-state index < -0.39 is 93.9 Å². The van der Waals surface area contributed by atoms with Crippen molar-refractivity contribution in [2.45, 2.75) is 101 Å². The molecule has 64 heavy (non-hydrogen) atoms. The van der Waals surface area contributed by atoms with E-state index in [9.17, 15) is 4.79 Å². The van der Waals surface area contributed by atoms with Crippen LogP contribution >= 0.6 is 11.8 Å². The van der Waals surface area contributed by atoms with Crippen LogP contribution in [0.25, 0.3) is 22.2 Å². The number of benzene rings is 3. The topological polar surface area (TPSA) is 102 Å². The smallest absolute Gasteiger partial charge is 0.417 e. The molecule has 3 aromatic carbocycles. The third-order valence-electron chi connectivity index (χ3n) is 11.7. The van der Waals surface area contributed by atoms with Gasteiger partial charge >= 0.3 is 12.3 Å². The molecule has 2 bridgehead atoms. The number of fused-ring (bicyclic) bond motifs is 5. The van der Waals surface area contributed by atoms with Crippen LogP contribution in [0.15, 0.2) is 59.8 Å². The summed E-state index contributed by atoms with van der Waals surface area (Å²) in [5.41, 5.74) is -4.67. The molecule has 3 aliphatic rings. The van der Waals surface area contributed by atoms with E-state index in [0.29, 0.717) is 35.5 Å². The average Bonchev–Trinajstić information content (AvgIpc) is 3.49. The largest absolute Gasteiger partial charge is 0.497 e. The van der Waals surface area contributed by atoms with Crippen molar-refractivity contribution in [1.29, 1.82) is 0 Å². The first-order valence-electron chi connectivity index (χ1n) is 20.4. The minimum atomic E-state index is -5.26. The minimum Gasteiger partial charge on any atom is -0.497 e. The Morgan fingerprint density at radius 2 is 1.53 bits per heavy atom. The molecule has 19 heteroatoms. The van der Waals surface area contributed by atoms with Gasteiger partial charge in [-0.15, -0.1) is 0 Å². The van der Waals surface area contributed by atoms with Gasteiger partial charge < -0.3 is 28.7 Å². The summed E-state index contributed by atoms with van der Waals surface area (Å²) in [6, 6.07) is 11.8. The number of methoxy groups -OCH3 is 2. The van der Waals surface area contributed by atoms with Crippen molar-refractivity contribution in [3.63, 3.8) is 0 Å². The van der Waals surface area contributed by atoms with Crippen LogP contribution in [0.4, 0.5) is 47.0 Å². The van der Waals surface area contributed by atoms with E-state index in [1.165, 1.54) is 24.0 Å². The zero-order valence-corrected chi connectivity index (χ0v) is 36.7. The number of carbonyl (C=O) groups is 1. The van der Waals surface area contributed by atoms with Crippen molar-refractivity contribution in [1.82, 2.24) is 19.9 Å². The van der Waals surface area contributed by atoms with Gasteiger partial charge in [-0.2, -0.15) is 13.2 Å². The van der Waals surface area contributed by atoms with Crippen LogP contribution in [0.2, 0.25) is 0 Å². The fourth-order valence-corrected chi connectivity index (χ4v) is 9.32. The summed E-state index contributed by atoms with van der Waals surface area (Å²) < 4.78 is 134. The number of thioether (sulfide) groups is 1. The Labute approximate surface area is 368 Å². The number of rotatable bonds is 10. The van der Waals surface area contributed by atoms with Crippen LogP contribution in [0, 0.1) is 18.6 Å². The second kappa shape index (κ2) is 17.0. The SMILES string of the molecule is COc1ccc(CN(Cc2ccc(OC)cc2)c2cc(-c3nc4c5c(nc(SC)nc5c3F)N3C[C@H]5CC[C@@H]([C@H]3[C@H](C(F)F)O4)N5C(=O)OC(C)(C)C)c(C(F)(F)F)c(C)c2F)cc1. The van der Waals surface area contributed by atoms with E-state index in [1.54, 1.807) is 80.5 Å². The Hall–Kier alpha value is -5.72. The molecular weight excluding hydrogens is 870 g/mol. The highest BCUT2D eigenvalue weighted by Gasteiger charge is 2.56. The first kappa shape index (κ1) is 44.9. The van der Waals surface area contributed by atoms with Crippen LogP contribution in [-0.2, 0) is 24.0 Å². The average molecular weight is 915 g/mol. The van der Waals surface area contributed by atoms with Crippen LogP contribution in [0.1, 0.15) is 55.9 Å². The van der Waals surface area contributed by atoms with Gasteiger partial charge in [-0.05, 0) is 93.8 Å². The summed E-state index contributed by atoms with van der Waals surface area (Å²) in [6.07, 6.45) is -8.89. The standard InChI is InChI=1S/C45H45F7N6O5S/c1-22-32(45(50,51)52)28(18-30(33(22)46)56(19-23-8-13-26(60-5)14-9-23)20-24-10-15-27(61-6)16-11-24)35-34(47)36-31-40(55-42(54-36)64-7)57-21-25-12-17-29(58(25)43(59)63-44(2,3)4)37(57)38(39(48)49)62-41(31)53-35/h8-11,13-16,18,25,29,37-39H,12,17,19-21H2,1-7H3/t25-,29+,37+,38-/m1/s1. The molecule has 2 fully saturated rings. The number of alkyl halides is 5. The van der Waals surface area contributed by atoms with Gasteiger partial charge in [0.15, 0.2) is 17.1 Å². The number of anilines is 2. The molecule has 0 saturated carbocycles. The Morgan fingerprint density at radius 1 is 0.922 bits per heavy atom. The van der Waals surface area contributed by atoms with Gasteiger partial charge in [0.2, 0.25) is 5.88 Å². The van der Waals surface area contributed by atoms with Crippen molar-refractivity contribution >= 4 is 40.3 Å². The van der Waals surface area contributed by atoms with Gasteiger partial charge in [-0.25, -0.2) is 37.3 Å². The van der Waals surface area contributed by atoms with Crippen molar-refractivity contribution in [2.24, 2.45) is 0 Å². The molecule has 340 valence electrons. The summed E-state index contributed by atoms with van der Waals surface area (Å²) in [4.78, 5) is 31.4. The molecule has 0 spiro atoms. The number of hydrogen-bond acceptors (Lipinski definition) is 11. The predicted molar refractivity (Wildman–Crippen MR) is 227 cm³/mol. The first-order chi connectivity index (χ1) is 30.3. The first-order valence-corrected chi connectivity index (χ1v) is 21.6. The van der Waals surface area contributed by atoms with Crippen molar-refractivity contribution in [2.75, 3.05) is 36.8 Å². The number of carbonyl (C=O) groups excluding carboxylic acids is 1. The van der Waals surface area contributed by atoms with E-state index >= 15 is 30.7 Å². The van der Waals surface area contributed by atoms with E-state index in [4.69, 9.17) is 18.9 Å². The molecule has 5 aromatic rings. The summed E-state index contributed by atoms with van der Waals surface area (Å²) in [6.45, 7) is 5.93. The summed E-state index contributed by atoms with van der Waals surface area (Å²) >= 11 is 0.999. The highest BCUT2D eigenvalue weighted by atomic mass is 32.2. The summed E-state index contributed by atoms with van der Waals surface area (Å²) in [7, 11) is 2.98. The number of hydrogen-bond donors (Lipinski definition) is 0. The fourth-order valence-electron chi connectivity index (χ4n) is 8.96. The second-order valence-corrected chi connectivity index (χ2v) is 17.7. The number of pyridine rings is 1. The van der Waals surface area contributed by atoms with Gasteiger partial charge in [0.05, 0.1) is 43.6 Å². The molecule has 2 aromatic heterocycles. The lowest BCUT2D eigenvalue weighted by molar-refractivity contribution is -0.137. The normalized spacial score (nSPS) is 19.4. The third kappa shape index (κ3) is 8.26. The molecular formula is C45H45F7N6O5S. The molecule has 5 heterocycles. The lowest BCUT2D eigenvalue weighted by atomic mass is 9.95. The van der Waals surface area contributed by atoms with E-state index in [-0.39, 0.29) is 41.7 Å². The Balaban J connectivity index is 1.33. The lowest BCUT2D eigenvalue weighted by Gasteiger charge is -2.48. The maximum Gasteiger partial charge on any atom is 0.417 e. The Morgan fingerprint density at radius 3 is 2.06 bits per heavy atom. The molecule has 11 nitrogen and oxygen atoms in total. The Kier molecular flexibility index (Phi) is 11.9. The van der Waals surface area contributed by atoms with Crippen LogP contribution in [-0.4, -0.2) is 89.2 Å². The molecule has 0 aliphatic carbocycles. The maximum atomic E-state index is 17.5. The van der Waals surface area contributed by atoms with E-state index in [2.05, 4.69) is 15.0 Å². The van der Waals surface area contributed by atoms with Crippen molar-refractivity contribution in [3.8, 4) is 28.6 Å². The molecule has 0 unspecified atom stereocenters.